The van der Waals surface area contributed by atoms with Gasteiger partial charge >= 0.3 is 35.8 Å². The van der Waals surface area contributed by atoms with Crippen LogP contribution in [0.5, 0.6) is 0 Å². The second kappa shape index (κ2) is 11.3. The minimum Gasteiger partial charge on any atom is -0.472 e. The molecule has 0 amide bonds. The number of hydrogen-bond donors (Lipinski definition) is 1. The summed E-state index contributed by atoms with van der Waals surface area (Å²) in [5, 5.41) is 13.6. The van der Waals surface area contributed by atoms with Crippen molar-refractivity contribution in [3.05, 3.63) is 24.2 Å². The third-order valence-corrected chi connectivity index (χ3v) is 12.8. The van der Waals surface area contributed by atoms with Crippen molar-refractivity contribution in [1.29, 1.82) is 0 Å². The zero-order valence-electron chi connectivity index (χ0n) is 28.9. The van der Waals surface area contributed by atoms with Crippen molar-refractivity contribution >= 4 is 35.8 Å². The van der Waals surface area contributed by atoms with E-state index in [9.17, 15) is 33.9 Å². The molecule has 4 saturated carbocycles. The van der Waals surface area contributed by atoms with Gasteiger partial charge < -0.3 is 37.9 Å². The number of fused-ring (bicyclic) bond motifs is 5. The average molecular weight is 689 g/mol. The van der Waals surface area contributed by atoms with Gasteiger partial charge in [0.05, 0.1) is 32.0 Å². The summed E-state index contributed by atoms with van der Waals surface area (Å²) in [6.45, 7) is 10.2. The molecule has 2 bridgehead atoms. The highest BCUT2D eigenvalue weighted by Crippen LogP contribution is 2.82. The second-order valence-electron chi connectivity index (χ2n) is 15.2. The minimum absolute atomic E-state index is 0.00405. The largest absolute Gasteiger partial charge is 0.472 e. The summed E-state index contributed by atoms with van der Waals surface area (Å²) in [5.74, 6) is -8.52. The first kappa shape index (κ1) is 34.9. The number of hydrogen-bond acceptors (Lipinski definition) is 14. The van der Waals surface area contributed by atoms with Gasteiger partial charge in [-0.2, -0.15) is 0 Å². The summed E-state index contributed by atoms with van der Waals surface area (Å²) < 4.78 is 40.7. The summed E-state index contributed by atoms with van der Waals surface area (Å²) in [7, 11) is 1.15. The number of carbonyl (C=O) groups is 6. The molecule has 1 aromatic heterocycles. The second-order valence-corrected chi connectivity index (χ2v) is 15.2. The average Bonchev–Trinajstić information content (AvgIpc) is 3.65. The van der Waals surface area contributed by atoms with E-state index in [1.807, 2.05) is 6.92 Å². The van der Waals surface area contributed by atoms with E-state index in [2.05, 4.69) is 0 Å². The third-order valence-electron chi connectivity index (χ3n) is 12.8. The summed E-state index contributed by atoms with van der Waals surface area (Å²) in [4.78, 5) is 78.8. The number of esters is 6. The Morgan fingerprint density at radius 2 is 1.57 bits per heavy atom. The van der Waals surface area contributed by atoms with Crippen LogP contribution in [0.3, 0.4) is 0 Å². The molecule has 1 saturated heterocycles. The third kappa shape index (κ3) is 4.54. The molecule has 1 aliphatic heterocycles. The van der Waals surface area contributed by atoms with Crippen molar-refractivity contribution in [2.24, 2.45) is 39.9 Å². The minimum atomic E-state index is -2.05. The lowest BCUT2D eigenvalue weighted by Gasteiger charge is -2.72. The van der Waals surface area contributed by atoms with Gasteiger partial charge in [0.15, 0.2) is 0 Å². The van der Waals surface area contributed by atoms with Crippen LogP contribution in [0.15, 0.2) is 23.0 Å². The first-order chi connectivity index (χ1) is 22.8. The first-order valence-corrected chi connectivity index (χ1v) is 16.6. The number of rotatable bonds is 7. The van der Waals surface area contributed by atoms with Gasteiger partial charge in [0, 0.05) is 67.3 Å². The molecule has 1 unspecified atom stereocenters. The Hall–Kier alpha value is -3.94. The highest BCUT2D eigenvalue weighted by atomic mass is 16.6. The number of aliphatic hydroxyl groups is 1. The maximum Gasteiger partial charge on any atom is 0.347 e. The van der Waals surface area contributed by atoms with Gasteiger partial charge in [-0.05, 0) is 25.3 Å². The highest BCUT2D eigenvalue weighted by Gasteiger charge is 2.91. The molecule has 1 N–H and O–H groups in total. The maximum absolute atomic E-state index is 13.6. The topological polar surface area (TPSA) is 191 Å². The molecule has 4 aliphatic carbocycles. The quantitative estimate of drug-likeness (QED) is 0.325. The van der Waals surface area contributed by atoms with E-state index < -0.39 is 111 Å². The van der Waals surface area contributed by atoms with E-state index in [4.69, 9.17) is 32.8 Å². The van der Waals surface area contributed by atoms with E-state index >= 15 is 0 Å². The maximum atomic E-state index is 13.6. The zero-order valence-corrected chi connectivity index (χ0v) is 28.9. The molecular weight excluding hydrogens is 644 g/mol. The van der Waals surface area contributed by atoms with Gasteiger partial charge in [-0.25, -0.2) is 4.79 Å². The number of ether oxygens (including phenoxy) is 6. The standard InChI is InChI=1S/C35H44O14/c1-16(36)45-25(30(41)43-8)26-32(6)15-34(49-19(4)39)24(28(32)46-17(2)37)29(47-18(3)38)35(42)21(33(26,34)7)9-11-31(5)22(35)13-23(40)48-27(31)20-10-12-44-14-20/h10,12,14,21-22,24-29,42H,9,11,13,15H2,1-8H3/t21-,22-,24-,25+,26+,27+,28-,29-,31-,32?,33-,34+,35-/m1/s1. The number of methoxy groups -OCH3 is 1. The van der Waals surface area contributed by atoms with Crippen LogP contribution in [0.1, 0.15) is 85.8 Å². The molecule has 1 aromatic rings. The fraction of sp³-hybridized carbons (Fsp3) is 0.714. The van der Waals surface area contributed by atoms with E-state index in [0.717, 1.165) is 14.0 Å². The SMILES string of the molecule is COC(=O)[C@@H](OC(C)=O)[C@H]1C2(C)C[C@]3(OC(C)=O)[C@H]([C@H]2OC(C)=O)[C@@H](OC(C)=O)[C@]2(O)[C@@H]4CC(=O)O[C@@H](c5ccoc5)[C@]4(C)CC[C@@H]2[C@]13C. The molecule has 268 valence electrons. The Labute approximate surface area is 283 Å². The molecule has 0 aromatic carbocycles. The van der Waals surface area contributed by atoms with Crippen LogP contribution in [0.2, 0.25) is 0 Å². The molecule has 14 heteroatoms. The van der Waals surface area contributed by atoms with E-state index in [-0.39, 0.29) is 19.3 Å². The molecule has 13 atom stereocenters. The fourth-order valence-corrected chi connectivity index (χ4v) is 11.7. The number of cyclic esters (lactones) is 1. The van der Waals surface area contributed by atoms with Crippen LogP contribution in [-0.2, 0) is 57.2 Å². The van der Waals surface area contributed by atoms with Crippen LogP contribution in [0, 0.1) is 39.9 Å². The van der Waals surface area contributed by atoms with Gasteiger partial charge in [-0.15, -0.1) is 0 Å². The Morgan fingerprint density at radius 3 is 2.12 bits per heavy atom. The van der Waals surface area contributed by atoms with Gasteiger partial charge in [-0.1, -0.05) is 20.8 Å². The number of carbonyl (C=O) groups excluding carboxylic acids is 6. The molecule has 0 radical (unpaired) electrons. The van der Waals surface area contributed by atoms with Gasteiger partial charge in [0.1, 0.15) is 29.5 Å². The van der Waals surface area contributed by atoms with Crippen molar-refractivity contribution in [1.82, 2.24) is 0 Å². The fourth-order valence-electron chi connectivity index (χ4n) is 11.7. The molecule has 2 heterocycles. The van der Waals surface area contributed by atoms with Crippen LogP contribution in [0.4, 0.5) is 0 Å². The van der Waals surface area contributed by atoms with Crippen LogP contribution < -0.4 is 0 Å². The summed E-state index contributed by atoms with van der Waals surface area (Å²) in [6.07, 6.45) is -1.83. The predicted octanol–water partition coefficient (Wildman–Crippen LogP) is 2.98. The van der Waals surface area contributed by atoms with Gasteiger partial charge in [0.25, 0.3) is 0 Å². The van der Waals surface area contributed by atoms with Crippen LogP contribution in [-0.4, -0.2) is 77.5 Å². The van der Waals surface area contributed by atoms with Gasteiger partial charge in [0.2, 0.25) is 6.10 Å². The zero-order chi connectivity index (χ0) is 36.1. The molecule has 5 aliphatic rings. The molecule has 49 heavy (non-hydrogen) atoms. The predicted molar refractivity (Wildman–Crippen MR) is 162 cm³/mol. The van der Waals surface area contributed by atoms with Crippen LogP contribution in [0.25, 0.3) is 0 Å². The molecule has 0 spiro atoms. The van der Waals surface area contributed by atoms with E-state index in [1.165, 1.54) is 33.3 Å². The van der Waals surface area contributed by atoms with Crippen molar-refractivity contribution < 1.29 is 66.7 Å². The normalized spacial score (nSPS) is 43.6. The smallest absolute Gasteiger partial charge is 0.347 e. The lowest BCUT2D eigenvalue weighted by Crippen LogP contribution is -2.82. The Kier molecular flexibility index (Phi) is 8.04. The Morgan fingerprint density at radius 1 is 0.918 bits per heavy atom. The molecule has 6 rings (SSSR count). The monoisotopic (exact) mass is 688 g/mol. The number of furan rings is 1. The van der Waals surface area contributed by atoms with Crippen molar-refractivity contribution in [3.8, 4) is 0 Å². The summed E-state index contributed by atoms with van der Waals surface area (Å²) >= 11 is 0. The lowest BCUT2D eigenvalue weighted by atomic mass is 9.36. The van der Waals surface area contributed by atoms with Crippen molar-refractivity contribution in [2.45, 2.75) is 110 Å². The van der Waals surface area contributed by atoms with Crippen LogP contribution >= 0.6 is 0 Å². The van der Waals surface area contributed by atoms with E-state index in [0.29, 0.717) is 12.0 Å². The Balaban J connectivity index is 1.67. The molecular formula is C35H44O14. The lowest BCUT2D eigenvalue weighted by molar-refractivity contribution is -0.358. The summed E-state index contributed by atoms with van der Waals surface area (Å²) in [5.41, 5.74) is -6.69. The summed E-state index contributed by atoms with van der Waals surface area (Å²) in [6, 6.07) is 1.68. The van der Waals surface area contributed by atoms with Crippen molar-refractivity contribution in [2.75, 3.05) is 7.11 Å². The highest BCUT2D eigenvalue weighted by molar-refractivity contribution is 5.80. The molecule has 5 fully saturated rings. The van der Waals surface area contributed by atoms with Crippen molar-refractivity contribution in [3.63, 3.8) is 0 Å². The Bertz CT molecular complexity index is 1590. The van der Waals surface area contributed by atoms with E-state index in [1.54, 1.807) is 19.9 Å². The van der Waals surface area contributed by atoms with Gasteiger partial charge in [-0.3, -0.25) is 24.0 Å². The molecule has 14 nitrogen and oxygen atoms in total. The first-order valence-electron chi connectivity index (χ1n) is 16.6.